The summed E-state index contributed by atoms with van der Waals surface area (Å²) in [6.45, 7) is 2.91. The molecule has 1 aromatic rings. The second-order valence-electron chi connectivity index (χ2n) is 5.44. The van der Waals surface area contributed by atoms with E-state index in [9.17, 15) is 0 Å². The van der Waals surface area contributed by atoms with Gasteiger partial charge in [0, 0.05) is 37.4 Å². The molecule has 0 spiro atoms. The van der Waals surface area contributed by atoms with Crippen molar-refractivity contribution in [2.75, 3.05) is 31.1 Å². The Hall–Kier alpha value is -0.620. The van der Waals surface area contributed by atoms with E-state index in [4.69, 9.17) is 15.5 Å². The van der Waals surface area contributed by atoms with E-state index >= 15 is 0 Å². The lowest BCUT2D eigenvalue weighted by molar-refractivity contribution is 0.0460. The summed E-state index contributed by atoms with van der Waals surface area (Å²) in [4.78, 5) is 11.4. The van der Waals surface area contributed by atoms with Gasteiger partial charge in [-0.2, -0.15) is 0 Å². The third-order valence-corrected chi connectivity index (χ3v) is 4.12. The summed E-state index contributed by atoms with van der Waals surface area (Å²) in [5.74, 6) is 1.47. The van der Waals surface area contributed by atoms with Crippen LogP contribution in [0.15, 0.2) is 12.3 Å². The van der Waals surface area contributed by atoms with Gasteiger partial charge in [0.1, 0.15) is 0 Å². The van der Waals surface area contributed by atoms with Gasteiger partial charge < -0.3 is 15.4 Å². The van der Waals surface area contributed by atoms with Gasteiger partial charge in [-0.3, -0.25) is 0 Å². The predicted molar refractivity (Wildman–Crippen MR) is 88.7 cm³/mol. The van der Waals surface area contributed by atoms with Crippen molar-refractivity contribution in [3.05, 3.63) is 18.0 Å². The van der Waals surface area contributed by atoms with Crippen molar-refractivity contribution < 1.29 is 4.74 Å². The van der Waals surface area contributed by atoms with Crippen LogP contribution in [-0.4, -0.2) is 42.3 Å². The summed E-state index contributed by atoms with van der Waals surface area (Å²) in [5.41, 5.74) is 6.89. The van der Waals surface area contributed by atoms with Crippen LogP contribution in [0.25, 0.3) is 0 Å². The van der Waals surface area contributed by atoms with Crippen LogP contribution >= 0.6 is 24.8 Å². The zero-order valence-corrected chi connectivity index (χ0v) is 13.7. The monoisotopic (exact) mass is 334 g/mol. The maximum atomic E-state index is 5.68. The molecule has 2 N–H and O–H groups in total. The Balaban J connectivity index is 0.00000110. The minimum absolute atomic E-state index is 0. The van der Waals surface area contributed by atoms with E-state index < -0.39 is 0 Å². The van der Waals surface area contributed by atoms with Crippen molar-refractivity contribution in [1.29, 1.82) is 0 Å². The molecule has 1 aromatic heterocycles. The van der Waals surface area contributed by atoms with Crippen LogP contribution in [0.5, 0.6) is 0 Å². The first kappa shape index (κ1) is 18.4. The van der Waals surface area contributed by atoms with Crippen molar-refractivity contribution in [3.63, 3.8) is 0 Å². The van der Waals surface area contributed by atoms with Crippen LogP contribution in [0.3, 0.4) is 0 Å². The van der Waals surface area contributed by atoms with Gasteiger partial charge in [0.05, 0.1) is 12.7 Å². The molecule has 1 saturated carbocycles. The zero-order chi connectivity index (χ0) is 13.1. The molecule has 2 heterocycles. The summed E-state index contributed by atoms with van der Waals surface area (Å²) in [6.07, 6.45) is 7.19. The van der Waals surface area contributed by atoms with Gasteiger partial charge in [-0.25, -0.2) is 9.97 Å². The Morgan fingerprint density at radius 3 is 2.76 bits per heavy atom. The predicted octanol–water partition coefficient (Wildman–Crippen LogP) is 2.14. The number of hydrogen-bond acceptors (Lipinski definition) is 5. The average Bonchev–Trinajstić information content (AvgIpc) is 3.02. The van der Waals surface area contributed by atoms with E-state index in [1.807, 2.05) is 6.20 Å². The average molecular weight is 335 g/mol. The Labute approximate surface area is 138 Å². The molecule has 1 saturated heterocycles. The van der Waals surface area contributed by atoms with Crippen LogP contribution in [0.4, 0.5) is 5.95 Å². The van der Waals surface area contributed by atoms with Gasteiger partial charge in [-0.15, -0.1) is 24.8 Å². The van der Waals surface area contributed by atoms with E-state index in [-0.39, 0.29) is 30.9 Å². The summed E-state index contributed by atoms with van der Waals surface area (Å²) in [5, 5.41) is 0. The molecule has 1 aliphatic carbocycles. The molecule has 0 aromatic carbocycles. The van der Waals surface area contributed by atoms with E-state index in [1.165, 1.54) is 31.4 Å². The molecule has 21 heavy (non-hydrogen) atoms. The lowest BCUT2D eigenvalue weighted by atomic mass is 10.0. The number of aromatic nitrogens is 2. The van der Waals surface area contributed by atoms with Crippen LogP contribution in [0.2, 0.25) is 0 Å². The second kappa shape index (κ2) is 8.73. The zero-order valence-electron chi connectivity index (χ0n) is 12.1. The maximum absolute atomic E-state index is 5.68. The molecule has 3 rings (SSSR count). The minimum atomic E-state index is 0. The molecule has 1 aliphatic heterocycles. The highest BCUT2D eigenvalue weighted by Crippen LogP contribution is 2.33. The van der Waals surface area contributed by atoms with Crippen molar-refractivity contribution in [2.45, 2.75) is 37.7 Å². The highest BCUT2D eigenvalue weighted by Gasteiger charge is 2.23. The van der Waals surface area contributed by atoms with Gasteiger partial charge >= 0.3 is 0 Å². The number of hydrogen-bond donors (Lipinski definition) is 1. The van der Waals surface area contributed by atoms with Crippen molar-refractivity contribution in [3.8, 4) is 0 Å². The SMILES string of the molecule is Cl.Cl.NCC1CN(c2nccc(C3CCCC3)n2)CCO1. The van der Waals surface area contributed by atoms with Gasteiger partial charge in [0.15, 0.2) is 0 Å². The number of anilines is 1. The van der Waals surface area contributed by atoms with Crippen LogP contribution in [0, 0.1) is 0 Å². The lowest BCUT2D eigenvalue weighted by Crippen LogP contribution is -2.46. The first-order valence-corrected chi connectivity index (χ1v) is 7.26. The molecular formula is C14H24Cl2N4O. The number of nitrogens with zero attached hydrogens (tertiary/aromatic N) is 3. The highest BCUT2D eigenvalue weighted by molar-refractivity contribution is 5.85. The molecule has 5 nitrogen and oxygen atoms in total. The van der Waals surface area contributed by atoms with Crippen LogP contribution < -0.4 is 10.6 Å². The molecule has 2 fully saturated rings. The van der Waals surface area contributed by atoms with E-state index in [0.717, 1.165) is 19.0 Å². The number of nitrogens with two attached hydrogens (primary N) is 1. The fourth-order valence-corrected chi connectivity index (χ4v) is 3.01. The van der Waals surface area contributed by atoms with Gasteiger partial charge in [-0.05, 0) is 18.9 Å². The Morgan fingerprint density at radius 1 is 1.29 bits per heavy atom. The Bertz CT molecular complexity index is 429. The molecule has 120 valence electrons. The molecular weight excluding hydrogens is 311 g/mol. The molecule has 0 bridgehead atoms. The van der Waals surface area contributed by atoms with Crippen molar-refractivity contribution in [1.82, 2.24) is 9.97 Å². The van der Waals surface area contributed by atoms with Gasteiger partial charge in [0.25, 0.3) is 0 Å². The summed E-state index contributed by atoms with van der Waals surface area (Å²) >= 11 is 0. The van der Waals surface area contributed by atoms with E-state index in [2.05, 4.69) is 16.0 Å². The third kappa shape index (κ3) is 4.42. The minimum Gasteiger partial charge on any atom is -0.373 e. The molecule has 1 unspecified atom stereocenters. The Kier molecular flexibility index (Phi) is 7.66. The van der Waals surface area contributed by atoms with E-state index in [1.54, 1.807) is 0 Å². The number of rotatable bonds is 3. The van der Waals surface area contributed by atoms with Gasteiger partial charge in [-0.1, -0.05) is 12.8 Å². The van der Waals surface area contributed by atoms with Gasteiger partial charge in [0.2, 0.25) is 5.95 Å². The number of halogens is 2. The Morgan fingerprint density at radius 2 is 2.05 bits per heavy atom. The maximum Gasteiger partial charge on any atom is 0.225 e. The molecule has 0 radical (unpaired) electrons. The fourth-order valence-electron chi connectivity index (χ4n) is 3.01. The molecule has 1 atom stereocenters. The molecule has 0 amide bonds. The summed E-state index contributed by atoms with van der Waals surface area (Å²) < 4.78 is 5.59. The van der Waals surface area contributed by atoms with Crippen molar-refractivity contribution in [2.24, 2.45) is 5.73 Å². The van der Waals surface area contributed by atoms with Crippen LogP contribution in [0.1, 0.15) is 37.3 Å². The smallest absolute Gasteiger partial charge is 0.225 e. The lowest BCUT2D eigenvalue weighted by Gasteiger charge is -2.32. The number of morpholine rings is 1. The second-order valence-corrected chi connectivity index (χ2v) is 5.44. The standard InChI is InChI=1S/C14H22N4O.2ClH/c15-9-12-10-18(7-8-19-12)14-16-6-5-13(17-14)11-3-1-2-4-11;;/h5-6,11-12H,1-4,7-10,15H2;2*1H. The molecule has 2 aliphatic rings. The first-order chi connectivity index (χ1) is 9.36. The molecule has 7 heteroatoms. The quantitative estimate of drug-likeness (QED) is 0.917. The topological polar surface area (TPSA) is 64.3 Å². The normalized spacial score (nSPS) is 22.5. The van der Waals surface area contributed by atoms with Crippen LogP contribution in [-0.2, 0) is 4.74 Å². The van der Waals surface area contributed by atoms with E-state index in [0.29, 0.717) is 19.1 Å². The summed E-state index contributed by atoms with van der Waals surface area (Å²) in [6, 6.07) is 2.07. The number of ether oxygens (including phenoxy) is 1. The largest absolute Gasteiger partial charge is 0.373 e. The first-order valence-electron chi connectivity index (χ1n) is 7.26. The van der Waals surface area contributed by atoms with Crippen molar-refractivity contribution >= 4 is 30.8 Å². The third-order valence-electron chi connectivity index (χ3n) is 4.12. The fraction of sp³-hybridized carbons (Fsp3) is 0.714. The summed E-state index contributed by atoms with van der Waals surface area (Å²) in [7, 11) is 0. The highest BCUT2D eigenvalue weighted by atomic mass is 35.5.